The first-order valence-corrected chi connectivity index (χ1v) is 10.3. The monoisotopic (exact) mass is 414 g/mol. The highest BCUT2D eigenvalue weighted by Gasteiger charge is 2.10. The van der Waals surface area contributed by atoms with Gasteiger partial charge in [0.2, 0.25) is 5.88 Å². The fourth-order valence-corrected chi connectivity index (χ4v) is 2.71. The highest BCUT2D eigenvalue weighted by atomic mass is 16.5. The molecule has 0 amide bonds. The van der Waals surface area contributed by atoms with Gasteiger partial charge in [0.25, 0.3) is 0 Å². The predicted octanol–water partition coefficient (Wildman–Crippen LogP) is 3.46. The number of aromatic nitrogens is 1. The van der Waals surface area contributed by atoms with Gasteiger partial charge in [-0.05, 0) is 38.0 Å². The summed E-state index contributed by atoms with van der Waals surface area (Å²) in [5.41, 5.74) is 3.22. The van der Waals surface area contributed by atoms with Gasteiger partial charge in [0.1, 0.15) is 12.4 Å². The first-order valence-electron chi connectivity index (χ1n) is 10.3. The lowest BCUT2D eigenvalue weighted by atomic mass is 10.1. The minimum Gasteiger partial charge on any atom is -0.490 e. The molecule has 2 rings (SSSR count). The summed E-state index contributed by atoms with van der Waals surface area (Å²) in [6, 6.07) is 10.1. The van der Waals surface area contributed by atoms with Gasteiger partial charge in [-0.25, -0.2) is 4.98 Å². The number of nitrogens with one attached hydrogen (secondary N) is 2. The average Bonchev–Trinajstić information content (AvgIpc) is 2.76. The fourth-order valence-electron chi connectivity index (χ4n) is 2.71. The third-order valence-electron chi connectivity index (χ3n) is 4.62. The van der Waals surface area contributed by atoms with Crippen molar-refractivity contribution in [2.24, 2.45) is 4.99 Å². The number of hydrogen-bond acceptors (Lipinski definition) is 5. The summed E-state index contributed by atoms with van der Waals surface area (Å²) in [5.74, 6) is 2.20. The second-order valence-corrected chi connectivity index (χ2v) is 7.04. The van der Waals surface area contributed by atoms with E-state index in [-0.39, 0.29) is 6.10 Å². The Balaban J connectivity index is 1.97. The minimum atomic E-state index is 0.171. The van der Waals surface area contributed by atoms with Gasteiger partial charge in [0.15, 0.2) is 5.96 Å². The lowest BCUT2D eigenvalue weighted by Gasteiger charge is -2.18. The van der Waals surface area contributed by atoms with Crippen molar-refractivity contribution in [1.29, 1.82) is 0 Å². The predicted molar refractivity (Wildman–Crippen MR) is 120 cm³/mol. The molecule has 0 fully saturated rings. The second kappa shape index (κ2) is 12.7. The molecule has 0 saturated heterocycles. The van der Waals surface area contributed by atoms with Gasteiger partial charge in [-0.15, -0.1) is 0 Å². The highest BCUT2D eigenvalue weighted by molar-refractivity contribution is 5.79. The van der Waals surface area contributed by atoms with Crippen LogP contribution < -0.4 is 20.1 Å². The zero-order valence-corrected chi connectivity index (χ0v) is 18.7. The number of methoxy groups -OCH3 is 1. The zero-order valence-electron chi connectivity index (χ0n) is 18.7. The van der Waals surface area contributed by atoms with Crippen LogP contribution in [-0.2, 0) is 17.8 Å². The number of nitrogens with zero attached hydrogens (tertiary/aromatic N) is 2. The number of ether oxygens (including phenoxy) is 3. The smallest absolute Gasteiger partial charge is 0.218 e. The van der Waals surface area contributed by atoms with E-state index >= 15 is 0 Å². The number of benzene rings is 1. The van der Waals surface area contributed by atoms with Crippen LogP contribution in [0.25, 0.3) is 0 Å². The topological polar surface area (TPSA) is 77.0 Å². The van der Waals surface area contributed by atoms with Gasteiger partial charge in [0, 0.05) is 44.6 Å². The Hall–Kier alpha value is -2.80. The molecule has 7 heteroatoms. The Kier molecular flexibility index (Phi) is 9.94. The van der Waals surface area contributed by atoms with Gasteiger partial charge >= 0.3 is 0 Å². The molecule has 0 bridgehead atoms. The van der Waals surface area contributed by atoms with Crippen molar-refractivity contribution in [3.8, 4) is 11.6 Å². The lowest BCUT2D eigenvalue weighted by molar-refractivity contribution is 0.143. The summed E-state index contributed by atoms with van der Waals surface area (Å²) < 4.78 is 16.8. The fraction of sp³-hybridized carbons (Fsp3) is 0.478. The maximum absolute atomic E-state index is 6.10. The Morgan fingerprint density at radius 2 is 1.90 bits per heavy atom. The molecule has 0 spiro atoms. The van der Waals surface area contributed by atoms with Crippen LogP contribution >= 0.6 is 0 Å². The molecule has 0 aliphatic carbocycles. The molecule has 0 radical (unpaired) electrons. The maximum atomic E-state index is 6.10. The van der Waals surface area contributed by atoms with Crippen molar-refractivity contribution in [2.45, 2.75) is 46.4 Å². The van der Waals surface area contributed by atoms with Gasteiger partial charge in [-0.3, -0.25) is 4.99 Å². The number of pyridine rings is 1. The third kappa shape index (κ3) is 7.55. The van der Waals surface area contributed by atoms with Crippen LogP contribution in [0, 0.1) is 6.92 Å². The SMILES string of the molecule is CCC(C)Oc1cc(C)ccc1CNC(=NC)NCc1cccnc1OCCOC. The molecule has 0 aliphatic rings. The summed E-state index contributed by atoms with van der Waals surface area (Å²) >= 11 is 0. The molecule has 2 aromatic rings. The number of aliphatic imine (C=N–C) groups is 1. The third-order valence-corrected chi connectivity index (χ3v) is 4.62. The number of hydrogen-bond donors (Lipinski definition) is 2. The molecular formula is C23H34N4O3. The van der Waals surface area contributed by atoms with E-state index in [1.54, 1.807) is 20.4 Å². The largest absolute Gasteiger partial charge is 0.490 e. The van der Waals surface area contributed by atoms with E-state index in [2.05, 4.69) is 59.6 Å². The molecule has 2 N–H and O–H groups in total. The van der Waals surface area contributed by atoms with E-state index in [0.717, 1.165) is 23.3 Å². The first kappa shape index (κ1) is 23.5. The van der Waals surface area contributed by atoms with Crippen LogP contribution in [0.15, 0.2) is 41.5 Å². The molecule has 1 unspecified atom stereocenters. The van der Waals surface area contributed by atoms with E-state index in [1.807, 2.05) is 12.1 Å². The molecule has 30 heavy (non-hydrogen) atoms. The van der Waals surface area contributed by atoms with Crippen LogP contribution in [0.2, 0.25) is 0 Å². The van der Waals surface area contributed by atoms with Crippen LogP contribution in [0.1, 0.15) is 37.0 Å². The molecule has 0 aliphatic heterocycles. The molecular weight excluding hydrogens is 380 g/mol. The summed E-state index contributed by atoms with van der Waals surface area (Å²) in [6.45, 7) is 8.40. The van der Waals surface area contributed by atoms with E-state index in [4.69, 9.17) is 14.2 Å². The first-order chi connectivity index (χ1) is 14.6. The van der Waals surface area contributed by atoms with E-state index in [9.17, 15) is 0 Å². The quantitative estimate of drug-likeness (QED) is 0.333. The summed E-state index contributed by atoms with van der Waals surface area (Å²) in [7, 11) is 3.40. The van der Waals surface area contributed by atoms with Crippen molar-refractivity contribution >= 4 is 5.96 Å². The molecule has 7 nitrogen and oxygen atoms in total. The minimum absolute atomic E-state index is 0.171. The number of aryl methyl sites for hydroxylation is 1. The lowest BCUT2D eigenvalue weighted by Crippen LogP contribution is -2.36. The molecule has 1 aromatic heterocycles. The molecule has 1 heterocycles. The van der Waals surface area contributed by atoms with Gasteiger partial charge in [-0.1, -0.05) is 25.1 Å². The Labute approximate surface area is 179 Å². The van der Waals surface area contributed by atoms with Gasteiger partial charge < -0.3 is 24.8 Å². The van der Waals surface area contributed by atoms with E-state index < -0.39 is 0 Å². The van der Waals surface area contributed by atoms with Crippen LogP contribution in [0.3, 0.4) is 0 Å². The van der Waals surface area contributed by atoms with Crippen molar-refractivity contribution in [2.75, 3.05) is 27.4 Å². The van der Waals surface area contributed by atoms with Crippen molar-refractivity contribution in [3.05, 3.63) is 53.2 Å². The molecule has 0 saturated carbocycles. The van der Waals surface area contributed by atoms with Gasteiger partial charge in [-0.2, -0.15) is 0 Å². The summed E-state index contributed by atoms with van der Waals surface area (Å²) in [5, 5.41) is 6.67. The van der Waals surface area contributed by atoms with Crippen LogP contribution in [-0.4, -0.2) is 44.4 Å². The van der Waals surface area contributed by atoms with E-state index in [0.29, 0.717) is 38.1 Å². The Bertz CT molecular complexity index is 811. The molecule has 1 aromatic carbocycles. The van der Waals surface area contributed by atoms with E-state index in [1.165, 1.54) is 5.56 Å². The van der Waals surface area contributed by atoms with Crippen molar-refractivity contribution < 1.29 is 14.2 Å². The second-order valence-electron chi connectivity index (χ2n) is 7.04. The standard InChI is InChI=1S/C23H34N4O3/c1-6-18(3)30-21-14-17(2)9-10-19(21)15-26-23(24-4)27-16-20-8-7-11-25-22(20)29-13-12-28-5/h7-11,14,18H,6,12-13,15-16H2,1-5H3,(H2,24,26,27). The Morgan fingerprint density at radius 1 is 1.13 bits per heavy atom. The van der Waals surface area contributed by atoms with Crippen LogP contribution in [0.4, 0.5) is 0 Å². The zero-order chi connectivity index (χ0) is 21.8. The van der Waals surface area contributed by atoms with Gasteiger partial charge in [0.05, 0.1) is 12.7 Å². The van der Waals surface area contributed by atoms with Crippen molar-refractivity contribution in [1.82, 2.24) is 15.6 Å². The van der Waals surface area contributed by atoms with Crippen LogP contribution in [0.5, 0.6) is 11.6 Å². The van der Waals surface area contributed by atoms with Crippen molar-refractivity contribution in [3.63, 3.8) is 0 Å². The number of guanidine groups is 1. The normalized spacial score (nSPS) is 12.4. The summed E-state index contributed by atoms with van der Waals surface area (Å²) in [6.07, 6.45) is 2.85. The highest BCUT2D eigenvalue weighted by Crippen LogP contribution is 2.22. The Morgan fingerprint density at radius 3 is 2.60 bits per heavy atom. The number of rotatable bonds is 11. The molecule has 164 valence electrons. The average molecular weight is 415 g/mol. The summed E-state index contributed by atoms with van der Waals surface area (Å²) in [4.78, 5) is 8.63. The maximum Gasteiger partial charge on any atom is 0.218 e. The molecule has 1 atom stereocenters.